The molecule has 15 heavy (non-hydrogen) atoms. The molecule has 0 unspecified atom stereocenters. The molecule has 0 fully saturated rings. The van der Waals surface area contributed by atoms with Gasteiger partial charge in [0.25, 0.3) is 0 Å². The molecule has 0 amide bonds. The van der Waals surface area contributed by atoms with E-state index in [1.165, 1.54) is 0 Å². The van der Waals surface area contributed by atoms with Gasteiger partial charge in [0.15, 0.2) is 0 Å². The fourth-order valence-corrected chi connectivity index (χ4v) is 1.10. The van der Waals surface area contributed by atoms with Crippen LogP contribution in [0.15, 0.2) is 42.9 Å². The molecular weight excluding hydrogens is 192 g/mol. The molecule has 0 atom stereocenters. The molecule has 76 valence electrons. The Balaban J connectivity index is 2.17. The molecular formula is C10H10N4O. The summed E-state index contributed by atoms with van der Waals surface area (Å²) in [7, 11) is 0. The lowest BCUT2D eigenvalue weighted by Crippen LogP contribution is -2.08. The second kappa shape index (κ2) is 4.39. The highest BCUT2D eigenvalue weighted by Gasteiger charge is 1.98. The van der Waals surface area contributed by atoms with Crippen molar-refractivity contribution in [2.75, 3.05) is 5.43 Å². The van der Waals surface area contributed by atoms with Crippen LogP contribution < -0.4 is 16.0 Å². The summed E-state index contributed by atoms with van der Waals surface area (Å²) in [6.07, 6.45) is 4.93. The summed E-state index contributed by atoms with van der Waals surface area (Å²) in [5, 5.41) is 0. The Morgan fingerprint density at radius 3 is 2.87 bits per heavy atom. The number of hydrogen-bond acceptors (Lipinski definition) is 5. The van der Waals surface area contributed by atoms with E-state index < -0.39 is 0 Å². The molecule has 0 bridgehead atoms. The Kier molecular flexibility index (Phi) is 2.75. The van der Waals surface area contributed by atoms with Crippen molar-refractivity contribution < 1.29 is 4.74 Å². The van der Waals surface area contributed by atoms with E-state index in [4.69, 9.17) is 10.6 Å². The summed E-state index contributed by atoms with van der Waals surface area (Å²) in [5.41, 5.74) is 2.45. The highest BCUT2D eigenvalue weighted by atomic mass is 16.5. The Morgan fingerprint density at radius 2 is 2.13 bits per heavy atom. The molecule has 0 aliphatic carbocycles. The van der Waals surface area contributed by atoms with Gasteiger partial charge in [0.2, 0.25) is 0 Å². The van der Waals surface area contributed by atoms with Crippen molar-refractivity contribution in [2.24, 2.45) is 5.84 Å². The molecule has 0 radical (unpaired) electrons. The first-order valence-corrected chi connectivity index (χ1v) is 4.39. The first-order chi connectivity index (χ1) is 7.38. The van der Waals surface area contributed by atoms with Gasteiger partial charge in [-0.15, -0.1) is 0 Å². The van der Waals surface area contributed by atoms with Gasteiger partial charge in [-0.3, -0.25) is 4.98 Å². The summed E-state index contributed by atoms with van der Waals surface area (Å²) in [5.74, 6) is 7.12. The van der Waals surface area contributed by atoms with Crippen LogP contribution in [0, 0.1) is 0 Å². The number of rotatable bonds is 3. The highest BCUT2D eigenvalue weighted by Crippen LogP contribution is 2.21. The largest absolute Gasteiger partial charge is 0.456 e. The number of nitrogens with one attached hydrogen (secondary N) is 1. The number of pyridine rings is 2. The lowest BCUT2D eigenvalue weighted by molar-refractivity contribution is 0.480. The van der Waals surface area contributed by atoms with Crippen molar-refractivity contribution in [3.63, 3.8) is 0 Å². The van der Waals surface area contributed by atoms with E-state index >= 15 is 0 Å². The van der Waals surface area contributed by atoms with Gasteiger partial charge in [0, 0.05) is 18.5 Å². The van der Waals surface area contributed by atoms with Gasteiger partial charge in [0.05, 0.1) is 6.20 Å². The Labute approximate surface area is 86.9 Å². The van der Waals surface area contributed by atoms with Crippen LogP contribution in [0.5, 0.6) is 11.5 Å². The van der Waals surface area contributed by atoms with Crippen LogP contribution in [0.3, 0.4) is 0 Å². The maximum absolute atomic E-state index is 5.52. The lowest BCUT2D eigenvalue weighted by atomic mass is 10.4. The van der Waals surface area contributed by atoms with Crippen molar-refractivity contribution in [1.29, 1.82) is 0 Å². The molecule has 0 aromatic carbocycles. The van der Waals surface area contributed by atoms with Gasteiger partial charge in [-0.2, -0.15) is 0 Å². The first-order valence-electron chi connectivity index (χ1n) is 4.39. The minimum atomic E-state index is 0.552. The van der Waals surface area contributed by atoms with Crippen LogP contribution in [-0.4, -0.2) is 9.97 Å². The quantitative estimate of drug-likeness (QED) is 0.583. The van der Waals surface area contributed by atoms with Gasteiger partial charge in [-0.1, -0.05) is 0 Å². The zero-order valence-corrected chi connectivity index (χ0v) is 7.92. The van der Waals surface area contributed by atoms with Crippen LogP contribution >= 0.6 is 0 Å². The van der Waals surface area contributed by atoms with E-state index in [1.807, 2.05) is 6.07 Å². The normalized spacial score (nSPS) is 9.67. The standard InChI is InChI=1S/C10H10N4O/c11-14-10-6-8(3-5-13-10)15-9-2-1-4-12-7-9/h1-7H,11H2,(H,13,14). The number of nitrogens with two attached hydrogens (primary N) is 1. The van der Waals surface area contributed by atoms with Crippen LogP contribution in [-0.2, 0) is 0 Å². The SMILES string of the molecule is NNc1cc(Oc2cccnc2)ccn1. The van der Waals surface area contributed by atoms with Crippen molar-refractivity contribution in [1.82, 2.24) is 9.97 Å². The van der Waals surface area contributed by atoms with Gasteiger partial charge >= 0.3 is 0 Å². The molecule has 5 nitrogen and oxygen atoms in total. The van der Waals surface area contributed by atoms with Crippen molar-refractivity contribution in [3.8, 4) is 11.5 Å². The van der Waals surface area contributed by atoms with E-state index in [0.29, 0.717) is 17.3 Å². The van der Waals surface area contributed by atoms with Gasteiger partial charge in [0.1, 0.15) is 17.3 Å². The summed E-state index contributed by atoms with van der Waals surface area (Å²) in [4.78, 5) is 7.91. The third-order valence-electron chi connectivity index (χ3n) is 1.75. The summed E-state index contributed by atoms with van der Waals surface area (Å²) in [6, 6.07) is 7.07. The monoisotopic (exact) mass is 202 g/mol. The third-order valence-corrected chi connectivity index (χ3v) is 1.75. The molecule has 0 spiro atoms. The minimum Gasteiger partial charge on any atom is -0.456 e. The number of hydrogen-bond donors (Lipinski definition) is 2. The van der Waals surface area contributed by atoms with Crippen LogP contribution in [0.2, 0.25) is 0 Å². The van der Waals surface area contributed by atoms with Gasteiger partial charge in [-0.05, 0) is 18.2 Å². The lowest BCUT2D eigenvalue weighted by Gasteiger charge is -2.05. The molecule has 5 heteroatoms. The molecule has 3 N–H and O–H groups in total. The Bertz CT molecular complexity index is 432. The fraction of sp³-hybridized carbons (Fsp3) is 0. The first kappa shape index (κ1) is 9.42. The van der Waals surface area contributed by atoms with Crippen molar-refractivity contribution in [3.05, 3.63) is 42.9 Å². The molecule has 0 aliphatic rings. The molecule has 0 aliphatic heterocycles. The van der Waals surface area contributed by atoms with E-state index in [9.17, 15) is 0 Å². The smallest absolute Gasteiger partial charge is 0.145 e. The van der Waals surface area contributed by atoms with E-state index in [0.717, 1.165) is 0 Å². The van der Waals surface area contributed by atoms with E-state index in [1.54, 1.807) is 36.8 Å². The van der Waals surface area contributed by atoms with Crippen LogP contribution in [0.4, 0.5) is 5.82 Å². The second-order valence-corrected chi connectivity index (χ2v) is 2.81. The number of hydrazine groups is 1. The van der Waals surface area contributed by atoms with Crippen molar-refractivity contribution in [2.45, 2.75) is 0 Å². The van der Waals surface area contributed by atoms with Crippen LogP contribution in [0.25, 0.3) is 0 Å². The zero-order chi connectivity index (χ0) is 10.5. The highest BCUT2D eigenvalue weighted by molar-refractivity contribution is 5.40. The summed E-state index contributed by atoms with van der Waals surface area (Å²) in [6.45, 7) is 0. The molecule has 0 saturated carbocycles. The molecule has 2 rings (SSSR count). The van der Waals surface area contributed by atoms with Crippen LogP contribution in [0.1, 0.15) is 0 Å². The van der Waals surface area contributed by atoms with Crippen molar-refractivity contribution >= 4 is 5.82 Å². The third kappa shape index (κ3) is 2.41. The van der Waals surface area contributed by atoms with E-state index in [2.05, 4.69) is 15.4 Å². The number of aromatic nitrogens is 2. The maximum atomic E-state index is 5.52. The number of nitrogen functional groups attached to an aromatic ring is 1. The number of nitrogens with zero attached hydrogens (tertiary/aromatic N) is 2. The summed E-state index contributed by atoms with van der Waals surface area (Å²) >= 11 is 0. The van der Waals surface area contributed by atoms with Gasteiger partial charge < -0.3 is 10.2 Å². The summed E-state index contributed by atoms with van der Waals surface area (Å²) < 4.78 is 5.52. The number of ether oxygens (including phenoxy) is 1. The zero-order valence-electron chi connectivity index (χ0n) is 7.92. The van der Waals surface area contributed by atoms with E-state index in [-0.39, 0.29) is 0 Å². The van der Waals surface area contributed by atoms with Gasteiger partial charge in [-0.25, -0.2) is 10.8 Å². The Morgan fingerprint density at radius 1 is 1.20 bits per heavy atom. The topological polar surface area (TPSA) is 73.1 Å². The molecule has 2 aromatic heterocycles. The maximum Gasteiger partial charge on any atom is 0.145 e. The second-order valence-electron chi connectivity index (χ2n) is 2.81. The predicted molar refractivity (Wildman–Crippen MR) is 56.4 cm³/mol. The fourth-order valence-electron chi connectivity index (χ4n) is 1.10. The Hall–Kier alpha value is -2.14. The minimum absolute atomic E-state index is 0.552. The molecule has 0 saturated heterocycles. The molecule has 2 heterocycles. The average molecular weight is 202 g/mol. The number of anilines is 1. The predicted octanol–water partition coefficient (Wildman–Crippen LogP) is 1.55. The average Bonchev–Trinajstić information content (AvgIpc) is 2.31. The molecule has 2 aromatic rings.